The number of benzene rings is 1. The first-order chi connectivity index (χ1) is 12.9. The van der Waals surface area contributed by atoms with E-state index in [2.05, 4.69) is 15.3 Å². The lowest BCUT2D eigenvalue weighted by atomic mass is 10.1. The van der Waals surface area contributed by atoms with Gasteiger partial charge >= 0.3 is 0 Å². The lowest BCUT2D eigenvalue weighted by molar-refractivity contribution is 0.680. The Morgan fingerprint density at radius 2 is 2.00 bits per heavy atom. The molecule has 2 aromatic heterocycles. The summed E-state index contributed by atoms with van der Waals surface area (Å²) >= 11 is 12.7. The minimum atomic E-state index is -0.506. The van der Waals surface area contributed by atoms with E-state index in [4.69, 9.17) is 28.5 Å². The second-order valence-electron chi connectivity index (χ2n) is 5.92. The zero-order valence-electron chi connectivity index (χ0n) is 14.6. The van der Waals surface area contributed by atoms with Crippen LogP contribution in [0.1, 0.15) is 33.6 Å². The molecule has 1 N–H and O–H groups in total. The molecular formula is C19H15Cl2N5O. The van der Waals surface area contributed by atoms with Crippen LogP contribution in [0.5, 0.6) is 0 Å². The molecule has 0 aliphatic rings. The van der Waals surface area contributed by atoms with E-state index < -0.39 is 5.56 Å². The number of hydrogen-bond acceptors (Lipinski definition) is 4. The maximum atomic E-state index is 11.6. The van der Waals surface area contributed by atoms with Crippen molar-refractivity contribution in [1.29, 1.82) is 5.26 Å². The molecule has 0 aliphatic heterocycles. The molecule has 0 fully saturated rings. The van der Waals surface area contributed by atoms with Crippen molar-refractivity contribution < 1.29 is 0 Å². The van der Waals surface area contributed by atoms with Crippen molar-refractivity contribution in [1.82, 2.24) is 20.0 Å². The first kappa shape index (κ1) is 18.9. The van der Waals surface area contributed by atoms with E-state index in [-0.39, 0.29) is 5.56 Å². The van der Waals surface area contributed by atoms with Crippen LogP contribution in [-0.2, 0) is 6.54 Å². The largest absolute Gasteiger partial charge is 0.282 e. The fraction of sp³-hybridized carbons (Fsp3) is 0.158. The number of nitriles is 1. The van der Waals surface area contributed by atoms with Crippen LogP contribution >= 0.6 is 23.2 Å². The zero-order chi connectivity index (χ0) is 19.6. The first-order valence-corrected chi connectivity index (χ1v) is 8.81. The summed E-state index contributed by atoms with van der Waals surface area (Å²) in [5, 5.41) is 21.0. The third kappa shape index (κ3) is 3.80. The van der Waals surface area contributed by atoms with Crippen molar-refractivity contribution in [3.63, 3.8) is 0 Å². The van der Waals surface area contributed by atoms with E-state index in [9.17, 15) is 4.79 Å². The lowest BCUT2D eigenvalue weighted by Crippen LogP contribution is -2.15. The van der Waals surface area contributed by atoms with Gasteiger partial charge in [0, 0.05) is 10.6 Å². The summed E-state index contributed by atoms with van der Waals surface area (Å²) < 4.78 is 1.67. The number of aromatic amines is 1. The van der Waals surface area contributed by atoms with Gasteiger partial charge in [0.1, 0.15) is 16.8 Å². The number of aromatic nitrogens is 4. The second-order valence-corrected chi connectivity index (χ2v) is 6.69. The molecule has 0 saturated carbocycles. The summed E-state index contributed by atoms with van der Waals surface area (Å²) in [5.74, 6) is 0. The predicted molar refractivity (Wildman–Crippen MR) is 106 cm³/mol. The normalized spacial score (nSPS) is 11.1. The summed E-state index contributed by atoms with van der Waals surface area (Å²) in [4.78, 5) is 11.6. The molecule has 6 nitrogen and oxygen atoms in total. The molecule has 0 amide bonds. The van der Waals surface area contributed by atoms with E-state index in [1.807, 2.05) is 37.3 Å². The smallest absolute Gasteiger partial charge is 0.267 e. The fourth-order valence-electron chi connectivity index (χ4n) is 2.66. The first-order valence-electron chi connectivity index (χ1n) is 8.06. The highest BCUT2D eigenvalue weighted by molar-refractivity contribution is 6.32. The molecule has 3 aromatic rings. The molecule has 0 atom stereocenters. The average Bonchev–Trinajstić information content (AvgIpc) is 2.90. The van der Waals surface area contributed by atoms with E-state index in [0.29, 0.717) is 28.0 Å². The van der Waals surface area contributed by atoms with Crippen LogP contribution < -0.4 is 5.56 Å². The standard InChI is InChI=1S/C19H15Cl2N5O/c1-11-15(9-22)19(27)24-23-17(11)8-7-14-12(2)25-26(18(14)21)10-13-5-3-4-6-16(13)20/h3-8H,10H2,1-2H3,(H,24,27)/b8-7+. The van der Waals surface area contributed by atoms with E-state index in [1.54, 1.807) is 23.8 Å². The van der Waals surface area contributed by atoms with Crippen LogP contribution in [0.15, 0.2) is 29.1 Å². The number of halogens is 2. The number of nitrogens with zero attached hydrogens (tertiary/aromatic N) is 4. The summed E-state index contributed by atoms with van der Waals surface area (Å²) in [5.41, 5.74) is 2.92. The minimum Gasteiger partial charge on any atom is -0.267 e. The third-order valence-electron chi connectivity index (χ3n) is 4.17. The Hall–Kier alpha value is -2.88. The average molecular weight is 400 g/mol. The van der Waals surface area contributed by atoms with Gasteiger partial charge in [0.05, 0.1) is 17.9 Å². The lowest BCUT2D eigenvalue weighted by Gasteiger charge is -2.05. The predicted octanol–water partition coefficient (Wildman–Crippen LogP) is 3.98. The summed E-state index contributed by atoms with van der Waals surface area (Å²) in [7, 11) is 0. The van der Waals surface area contributed by atoms with Crippen molar-refractivity contribution in [3.8, 4) is 6.07 Å². The van der Waals surface area contributed by atoms with E-state index in [0.717, 1.165) is 16.8 Å². The molecular weight excluding hydrogens is 385 g/mol. The molecule has 3 rings (SSSR count). The van der Waals surface area contributed by atoms with Gasteiger partial charge in [-0.15, -0.1) is 0 Å². The maximum absolute atomic E-state index is 11.6. The van der Waals surface area contributed by atoms with Gasteiger partial charge < -0.3 is 0 Å². The van der Waals surface area contributed by atoms with Gasteiger partial charge in [-0.3, -0.25) is 4.79 Å². The molecule has 1 aromatic carbocycles. The van der Waals surface area contributed by atoms with Gasteiger partial charge in [-0.05, 0) is 43.2 Å². The Bertz CT molecular complexity index is 1140. The molecule has 0 saturated heterocycles. The number of aryl methyl sites for hydroxylation is 1. The highest BCUT2D eigenvalue weighted by Crippen LogP contribution is 2.25. The Balaban J connectivity index is 1.94. The molecule has 0 radical (unpaired) electrons. The van der Waals surface area contributed by atoms with Gasteiger partial charge in [0.2, 0.25) is 0 Å². The van der Waals surface area contributed by atoms with E-state index in [1.165, 1.54) is 0 Å². The van der Waals surface area contributed by atoms with Crippen molar-refractivity contribution in [2.75, 3.05) is 0 Å². The summed E-state index contributed by atoms with van der Waals surface area (Å²) in [6, 6.07) is 9.40. The maximum Gasteiger partial charge on any atom is 0.282 e. The van der Waals surface area contributed by atoms with Gasteiger partial charge in [-0.1, -0.05) is 41.4 Å². The number of rotatable bonds is 4. The number of nitrogens with one attached hydrogen (secondary N) is 1. The molecule has 0 unspecified atom stereocenters. The molecule has 8 heteroatoms. The summed E-state index contributed by atoms with van der Waals surface area (Å²) in [6.07, 6.45) is 3.46. The topological polar surface area (TPSA) is 87.4 Å². The Morgan fingerprint density at radius 3 is 2.70 bits per heavy atom. The Labute approximate surface area is 165 Å². The molecule has 2 heterocycles. The Morgan fingerprint density at radius 1 is 1.26 bits per heavy atom. The van der Waals surface area contributed by atoms with Crippen LogP contribution in [-0.4, -0.2) is 20.0 Å². The number of H-pyrrole nitrogens is 1. The van der Waals surface area contributed by atoms with Gasteiger partial charge in [0.25, 0.3) is 5.56 Å². The SMILES string of the molecule is Cc1nn(Cc2ccccc2Cl)c(Cl)c1/C=C/c1n[nH]c(=O)c(C#N)c1C. The van der Waals surface area contributed by atoms with Gasteiger partial charge in [-0.2, -0.15) is 15.5 Å². The van der Waals surface area contributed by atoms with Crippen LogP contribution in [0.3, 0.4) is 0 Å². The molecule has 27 heavy (non-hydrogen) atoms. The minimum absolute atomic E-state index is 0.0434. The highest BCUT2D eigenvalue weighted by Gasteiger charge is 2.13. The van der Waals surface area contributed by atoms with Gasteiger partial charge in [-0.25, -0.2) is 9.78 Å². The molecule has 0 spiro atoms. The van der Waals surface area contributed by atoms with Crippen LogP contribution in [0.2, 0.25) is 10.2 Å². The monoisotopic (exact) mass is 399 g/mol. The van der Waals surface area contributed by atoms with Crippen molar-refractivity contribution >= 4 is 35.4 Å². The van der Waals surface area contributed by atoms with Gasteiger partial charge in [0.15, 0.2) is 0 Å². The van der Waals surface area contributed by atoms with Crippen molar-refractivity contribution in [3.05, 3.63) is 78.4 Å². The van der Waals surface area contributed by atoms with Crippen molar-refractivity contribution in [2.45, 2.75) is 20.4 Å². The van der Waals surface area contributed by atoms with Crippen LogP contribution in [0.4, 0.5) is 0 Å². The highest BCUT2D eigenvalue weighted by atomic mass is 35.5. The fourth-order valence-corrected chi connectivity index (χ4v) is 3.15. The second kappa shape index (κ2) is 7.78. The molecule has 0 aliphatic carbocycles. The van der Waals surface area contributed by atoms with Crippen molar-refractivity contribution in [2.24, 2.45) is 0 Å². The third-order valence-corrected chi connectivity index (χ3v) is 4.94. The summed E-state index contributed by atoms with van der Waals surface area (Å²) in [6.45, 7) is 3.97. The van der Waals surface area contributed by atoms with Crippen LogP contribution in [0.25, 0.3) is 12.2 Å². The molecule has 0 bridgehead atoms. The quantitative estimate of drug-likeness (QED) is 0.718. The Kier molecular flexibility index (Phi) is 5.45. The molecule has 136 valence electrons. The van der Waals surface area contributed by atoms with E-state index >= 15 is 0 Å². The number of hydrogen-bond donors (Lipinski definition) is 1. The van der Waals surface area contributed by atoms with Crippen LogP contribution in [0, 0.1) is 25.2 Å². The zero-order valence-corrected chi connectivity index (χ0v) is 16.1.